The van der Waals surface area contributed by atoms with E-state index in [-0.39, 0.29) is 43.2 Å². The van der Waals surface area contributed by atoms with Crippen molar-refractivity contribution in [3.05, 3.63) is 24.0 Å². The Kier molecular flexibility index (Phi) is 6.73. The highest BCUT2D eigenvalue weighted by Crippen LogP contribution is 2.34. The first-order valence-corrected chi connectivity index (χ1v) is 4.96. The van der Waals surface area contributed by atoms with E-state index in [1.807, 2.05) is 0 Å². The monoisotopic (exact) mass is 304 g/mol. The molecule has 0 spiro atoms. The number of hydrogen-bond donors (Lipinski definition) is 1. The minimum atomic E-state index is -4.47. The van der Waals surface area contributed by atoms with Crippen LogP contribution in [0.2, 0.25) is 0 Å². The number of halogens is 5. The molecule has 1 aliphatic heterocycles. The molecule has 0 saturated carbocycles. The molecule has 1 fully saturated rings. The first kappa shape index (κ1) is 17.3. The number of rotatable bonds is 3. The van der Waals surface area contributed by atoms with Crippen molar-refractivity contribution in [3.63, 3.8) is 0 Å². The van der Waals surface area contributed by atoms with Gasteiger partial charge in [0.05, 0.1) is 0 Å². The Morgan fingerprint density at radius 2 is 2.06 bits per heavy atom. The Balaban J connectivity index is 0.00000144. The third-order valence-corrected chi connectivity index (χ3v) is 2.41. The largest absolute Gasteiger partial charge is 0.490 e. The smallest absolute Gasteiger partial charge is 0.437 e. The highest BCUT2D eigenvalue weighted by molar-refractivity contribution is 5.85. The van der Waals surface area contributed by atoms with Gasteiger partial charge in [-0.05, 0) is 25.1 Å². The van der Waals surface area contributed by atoms with Gasteiger partial charge in [-0.3, -0.25) is 0 Å². The summed E-state index contributed by atoms with van der Waals surface area (Å²) >= 11 is 0. The van der Waals surface area contributed by atoms with Crippen LogP contribution in [0, 0.1) is 0 Å². The Hall–Kier alpha value is -0.720. The van der Waals surface area contributed by atoms with Crippen molar-refractivity contribution < 1.29 is 17.9 Å². The Morgan fingerprint density at radius 3 is 2.56 bits per heavy atom. The average Bonchev–Trinajstić information content (AvgIpc) is 2.14. The molecule has 1 aromatic heterocycles. The van der Waals surface area contributed by atoms with E-state index in [0.29, 0.717) is 0 Å². The summed E-state index contributed by atoms with van der Waals surface area (Å²) in [5.41, 5.74) is -0.964. The van der Waals surface area contributed by atoms with E-state index >= 15 is 0 Å². The number of alkyl halides is 3. The molecule has 2 heterocycles. The van der Waals surface area contributed by atoms with Gasteiger partial charge in [0.2, 0.25) is 0 Å². The van der Waals surface area contributed by atoms with Crippen LogP contribution in [-0.2, 0) is 6.18 Å². The van der Waals surface area contributed by atoms with Crippen LogP contribution in [0.3, 0.4) is 0 Å². The van der Waals surface area contributed by atoms with Crippen LogP contribution in [0.15, 0.2) is 18.3 Å². The fraction of sp³-hybridized carbons (Fsp3) is 0.500. The van der Waals surface area contributed by atoms with Crippen molar-refractivity contribution in [2.24, 2.45) is 0 Å². The summed E-state index contributed by atoms with van der Waals surface area (Å²) in [6, 6.07) is 2.87. The molecular weight excluding hydrogens is 292 g/mol. The van der Waals surface area contributed by atoms with Crippen LogP contribution in [0.4, 0.5) is 13.2 Å². The van der Waals surface area contributed by atoms with E-state index < -0.39 is 11.9 Å². The lowest BCUT2D eigenvalue weighted by Crippen LogP contribution is -2.46. The summed E-state index contributed by atoms with van der Waals surface area (Å²) in [6.45, 7) is 1.14. The normalized spacial score (nSPS) is 18.1. The molecule has 2 rings (SSSR count). The molecule has 0 aromatic carbocycles. The lowest BCUT2D eigenvalue weighted by Gasteiger charge is -2.27. The second-order valence-corrected chi connectivity index (χ2v) is 3.60. The summed E-state index contributed by atoms with van der Waals surface area (Å²) in [5.74, 6) is -0.205. The third kappa shape index (κ3) is 4.19. The maximum absolute atomic E-state index is 12.5. The standard InChI is InChI=1S/C10H11F3N2O.2ClH/c11-10(12,13)9-8(2-1-4-15-9)16-6-7-3-5-14-7;;/h1-2,4,7,14H,3,5-6H2;2*1H/t7-;;/m0../s1. The maximum atomic E-state index is 12.5. The van der Waals surface area contributed by atoms with Gasteiger partial charge in [-0.1, -0.05) is 0 Å². The number of aromatic nitrogens is 1. The number of ether oxygens (including phenoxy) is 1. The fourth-order valence-electron chi connectivity index (χ4n) is 1.40. The van der Waals surface area contributed by atoms with Crippen molar-refractivity contribution in [1.82, 2.24) is 10.3 Å². The van der Waals surface area contributed by atoms with Gasteiger partial charge in [0, 0.05) is 12.2 Å². The zero-order valence-corrected chi connectivity index (χ0v) is 10.9. The molecule has 0 radical (unpaired) electrons. The summed E-state index contributed by atoms with van der Waals surface area (Å²) in [6.07, 6.45) is -2.43. The van der Waals surface area contributed by atoms with E-state index in [0.717, 1.165) is 19.2 Å². The van der Waals surface area contributed by atoms with Crippen LogP contribution >= 0.6 is 24.8 Å². The summed E-state index contributed by atoms with van der Waals surface area (Å²) < 4.78 is 42.7. The van der Waals surface area contributed by atoms with Gasteiger partial charge in [0.15, 0.2) is 5.69 Å². The second-order valence-electron chi connectivity index (χ2n) is 3.60. The van der Waals surface area contributed by atoms with Gasteiger partial charge in [0.25, 0.3) is 0 Å². The summed E-state index contributed by atoms with van der Waals surface area (Å²) in [4.78, 5) is 3.30. The third-order valence-electron chi connectivity index (χ3n) is 2.41. The van der Waals surface area contributed by atoms with Gasteiger partial charge in [-0.2, -0.15) is 13.2 Å². The van der Waals surface area contributed by atoms with E-state index in [1.54, 1.807) is 0 Å². The Labute approximate surface area is 115 Å². The van der Waals surface area contributed by atoms with Crippen molar-refractivity contribution in [2.75, 3.05) is 13.2 Å². The van der Waals surface area contributed by atoms with Gasteiger partial charge >= 0.3 is 6.18 Å². The second kappa shape index (κ2) is 7.01. The lowest BCUT2D eigenvalue weighted by molar-refractivity contribution is -0.142. The van der Waals surface area contributed by atoms with Crippen LogP contribution in [0.5, 0.6) is 5.75 Å². The quantitative estimate of drug-likeness (QED) is 0.932. The number of nitrogens with one attached hydrogen (secondary N) is 1. The minimum Gasteiger partial charge on any atom is -0.490 e. The van der Waals surface area contributed by atoms with Gasteiger partial charge < -0.3 is 10.1 Å². The number of hydrogen-bond acceptors (Lipinski definition) is 3. The molecule has 0 amide bonds. The predicted molar refractivity (Wildman–Crippen MR) is 65.6 cm³/mol. The average molecular weight is 305 g/mol. The van der Waals surface area contributed by atoms with Crippen molar-refractivity contribution in [3.8, 4) is 5.75 Å². The maximum Gasteiger partial charge on any atom is 0.437 e. The predicted octanol–water partition coefficient (Wildman–Crippen LogP) is 2.68. The summed E-state index contributed by atoms with van der Waals surface area (Å²) in [7, 11) is 0. The SMILES string of the molecule is Cl.Cl.FC(F)(F)c1ncccc1OC[C@@H]1CCN1. The van der Waals surface area contributed by atoms with Crippen molar-refractivity contribution >= 4 is 24.8 Å². The summed E-state index contributed by atoms with van der Waals surface area (Å²) in [5, 5.41) is 3.05. The lowest BCUT2D eigenvalue weighted by atomic mass is 10.1. The molecule has 1 N–H and O–H groups in total. The number of pyridine rings is 1. The minimum absolute atomic E-state index is 0. The molecule has 3 nitrogen and oxygen atoms in total. The van der Waals surface area contributed by atoms with Crippen LogP contribution in [0.25, 0.3) is 0 Å². The molecule has 8 heteroatoms. The molecule has 1 aromatic rings. The van der Waals surface area contributed by atoms with Gasteiger partial charge in [-0.15, -0.1) is 24.8 Å². The van der Waals surface area contributed by atoms with Gasteiger partial charge in [-0.25, -0.2) is 4.98 Å². The molecule has 1 aliphatic rings. The van der Waals surface area contributed by atoms with Crippen LogP contribution in [-0.4, -0.2) is 24.2 Å². The van der Waals surface area contributed by atoms with Gasteiger partial charge in [0.1, 0.15) is 12.4 Å². The molecule has 0 bridgehead atoms. The fourth-order valence-corrected chi connectivity index (χ4v) is 1.40. The van der Waals surface area contributed by atoms with E-state index in [9.17, 15) is 13.2 Å². The van der Waals surface area contributed by atoms with Crippen molar-refractivity contribution in [2.45, 2.75) is 18.6 Å². The highest BCUT2D eigenvalue weighted by atomic mass is 35.5. The van der Waals surface area contributed by atoms with Crippen LogP contribution in [0.1, 0.15) is 12.1 Å². The number of nitrogens with zero attached hydrogens (tertiary/aromatic N) is 1. The van der Waals surface area contributed by atoms with E-state index in [4.69, 9.17) is 4.74 Å². The Bertz CT molecular complexity index is 372. The molecule has 18 heavy (non-hydrogen) atoms. The van der Waals surface area contributed by atoms with Crippen LogP contribution < -0.4 is 10.1 Å². The topological polar surface area (TPSA) is 34.1 Å². The first-order chi connectivity index (χ1) is 7.57. The first-order valence-electron chi connectivity index (χ1n) is 4.96. The zero-order chi connectivity index (χ0) is 11.6. The zero-order valence-electron chi connectivity index (χ0n) is 9.24. The molecule has 1 atom stereocenters. The van der Waals surface area contributed by atoms with Crippen molar-refractivity contribution in [1.29, 1.82) is 0 Å². The highest BCUT2D eigenvalue weighted by Gasteiger charge is 2.36. The molecular formula is C10H13Cl2F3N2O. The van der Waals surface area contributed by atoms with E-state index in [1.165, 1.54) is 12.1 Å². The Morgan fingerprint density at radius 1 is 1.39 bits per heavy atom. The molecule has 104 valence electrons. The van der Waals surface area contributed by atoms with E-state index in [2.05, 4.69) is 10.3 Å². The molecule has 1 saturated heterocycles. The molecule has 0 unspecified atom stereocenters. The molecule has 0 aliphatic carbocycles.